The molecule has 2 aromatic heterocycles. The van der Waals surface area contributed by atoms with Gasteiger partial charge in [0.1, 0.15) is 22.6 Å². The maximum Gasteiger partial charge on any atom is 0.169 e. The molecule has 2 heterocycles. The van der Waals surface area contributed by atoms with E-state index in [0.717, 1.165) is 17.0 Å². The lowest BCUT2D eigenvalue weighted by Crippen LogP contribution is -1.84. The van der Waals surface area contributed by atoms with Gasteiger partial charge in [0.15, 0.2) is 4.67 Å². The zero-order chi connectivity index (χ0) is 16.2. The molecule has 0 amide bonds. The molecule has 0 unspecified atom stereocenters. The summed E-state index contributed by atoms with van der Waals surface area (Å²) in [6.07, 6.45) is 1.68. The standard InChI is InChI=1S/C17H11BrN2O2S/c1-21-13-4-2-11(3-5-13)15-10-23-17(20-15)12(9-19)8-14-6-7-16(18)22-14/h2-8,10H,1H3/b12-8+. The molecule has 0 radical (unpaired) electrons. The summed E-state index contributed by atoms with van der Waals surface area (Å²) < 4.78 is 11.2. The van der Waals surface area contributed by atoms with Gasteiger partial charge in [0.05, 0.1) is 18.4 Å². The largest absolute Gasteiger partial charge is 0.497 e. The highest BCUT2D eigenvalue weighted by Gasteiger charge is 2.10. The number of allylic oxidation sites excluding steroid dienone is 1. The maximum absolute atomic E-state index is 9.37. The Kier molecular flexibility index (Phi) is 4.60. The minimum Gasteiger partial charge on any atom is -0.497 e. The number of nitrogens with zero attached hydrogens (tertiary/aromatic N) is 2. The fourth-order valence-electron chi connectivity index (χ4n) is 1.98. The highest BCUT2D eigenvalue weighted by atomic mass is 79.9. The molecule has 0 atom stereocenters. The van der Waals surface area contributed by atoms with Crippen LogP contribution in [0.3, 0.4) is 0 Å². The number of methoxy groups -OCH3 is 1. The first-order valence-electron chi connectivity index (χ1n) is 6.67. The van der Waals surface area contributed by atoms with E-state index < -0.39 is 0 Å². The first-order valence-corrected chi connectivity index (χ1v) is 8.34. The molecule has 23 heavy (non-hydrogen) atoms. The van der Waals surface area contributed by atoms with Crippen LogP contribution in [0, 0.1) is 11.3 Å². The number of hydrogen-bond acceptors (Lipinski definition) is 5. The predicted molar refractivity (Wildman–Crippen MR) is 94.0 cm³/mol. The highest BCUT2D eigenvalue weighted by molar-refractivity contribution is 9.10. The third kappa shape index (κ3) is 3.52. The average molecular weight is 387 g/mol. The molecular formula is C17H11BrN2O2S. The van der Waals surface area contributed by atoms with Gasteiger partial charge in [0, 0.05) is 17.0 Å². The SMILES string of the molecule is COc1ccc(-c2csc(/C(C#N)=C/c3ccc(Br)o3)n2)cc1. The Hall–Kier alpha value is -2.36. The quantitative estimate of drug-likeness (QED) is 0.575. The molecule has 3 aromatic rings. The van der Waals surface area contributed by atoms with Gasteiger partial charge in [-0.1, -0.05) is 0 Å². The Morgan fingerprint density at radius 2 is 2.09 bits per heavy atom. The van der Waals surface area contributed by atoms with Crippen molar-refractivity contribution in [1.82, 2.24) is 4.98 Å². The van der Waals surface area contributed by atoms with Crippen molar-refractivity contribution >= 4 is 38.9 Å². The Morgan fingerprint density at radius 3 is 2.70 bits per heavy atom. The van der Waals surface area contributed by atoms with Crippen LogP contribution in [-0.4, -0.2) is 12.1 Å². The molecule has 0 fully saturated rings. The van der Waals surface area contributed by atoms with Crippen molar-refractivity contribution in [3.05, 3.63) is 57.2 Å². The van der Waals surface area contributed by atoms with Crippen molar-refractivity contribution in [2.24, 2.45) is 0 Å². The average Bonchev–Trinajstić information content (AvgIpc) is 3.22. The fourth-order valence-corrected chi connectivity index (χ4v) is 3.10. The first kappa shape index (κ1) is 15.5. The minimum absolute atomic E-state index is 0.469. The first-order chi connectivity index (χ1) is 11.2. The van der Waals surface area contributed by atoms with E-state index in [4.69, 9.17) is 9.15 Å². The van der Waals surface area contributed by atoms with E-state index in [0.29, 0.717) is 21.0 Å². The van der Waals surface area contributed by atoms with Gasteiger partial charge < -0.3 is 9.15 Å². The second-order valence-electron chi connectivity index (χ2n) is 4.58. The molecule has 6 heteroatoms. The topological polar surface area (TPSA) is 59.0 Å². The molecule has 0 aliphatic rings. The van der Waals surface area contributed by atoms with Gasteiger partial charge in [-0.3, -0.25) is 0 Å². The molecule has 0 saturated heterocycles. The summed E-state index contributed by atoms with van der Waals surface area (Å²) in [5, 5.41) is 12.0. The van der Waals surface area contributed by atoms with Gasteiger partial charge in [-0.05, 0) is 52.3 Å². The zero-order valence-electron chi connectivity index (χ0n) is 12.1. The van der Waals surface area contributed by atoms with Gasteiger partial charge in [-0.2, -0.15) is 5.26 Å². The van der Waals surface area contributed by atoms with Crippen LogP contribution in [0.15, 0.2) is 50.9 Å². The number of furan rings is 1. The van der Waals surface area contributed by atoms with Crippen LogP contribution in [0.25, 0.3) is 22.9 Å². The third-order valence-corrected chi connectivity index (χ3v) is 4.42. The van der Waals surface area contributed by atoms with Crippen LogP contribution >= 0.6 is 27.3 Å². The molecule has 0 N–H and O–H groups in total. The van der Waals surface area contributed by atoms with E-state index in [1.807, 2.05) is 29.6 Å². The predicted octanol–water partition coefficient (Wildman–Crippen LogP) is 5.24. The lowest BCUT2D eigenvalue weighted by atomic mass is 10.1. The normalized spacial score (nSPS) is 11.3. The highest BCUT2D eigenvalue weighted by Crippen LogP contribution is 2.28. The fraction of sp³-hybridized carbons (Fsp3) is 0.0588. The zero-order valence-corrected chi connectivity index (χ0v) is 14.5. The summed E-state index contributed by atoms with van der Waals surface area (Å²) in [4.78, 5) is 4.54. The van der Waals surface area contributed by atoms with Crippen LogP contribution in [0.2, 0.25) is 0 Å². The van der Waals surface area contributed by atoms with Crippen LogP contribution < -0.4 is 4.74 Å². The van der Waals surface area contributed by atoms with Gasteiger partial charge >= 0.3 is 0 Å². The van der Waals surface area contributed by atoms with Crippen molar-refractivity contribution in [3.8, 4) is 23.1 Å². The molecular weight excluding hydrogens is 376 g/mol. The van der Waals surface area contributed by atoms with E-state index >= 15 is 0 Å². The van der Waals surface area contributed by atoms with Crippen molar-refractivity contribution in [2.45, 2.75) is 0 Å². The molecule has 0 aliphatic heterocycles. The Bertz CT molecular complexity index is 888. The summed E-state index contributed by atoms with van der Waals surface area (Å²) >= 11 is 4.67. The van der Waals surface area contributed by atoms with Gasteiger partial charge in [-0.25, -0.2) is 4.98 Å². The molecule has 0 saturated carbocycles. The van der Waals surface area contributed by atoms with Crippen LogP contribution in [0.1, 0.15) is 10.8 Å². The number of aromatic nitrogens is 1. The Labute approximate surface area is 145 Å². The summed E-state index contributed by atoms with van der Waals surface area (Å²) in [5.74, 6) is 1.40. The lowest BCUT2D eigenvalue weighted by Gasteiger charge is -2.00. The van der Waals surface area contributed by atoms with E-state index in [9.17, 15) is 5.26 Å². The van der Waals surface area contributed by atoms with E-state index in [1.165, 1.54) is 11.3 Å². The number of ether oxygens (including phenoxy) is 1. The number of hydrogen-bond donors (Lipinski definition) is 0. The number of thiazole rings is 1. The summed E-state index contributed by atoms with van der Waals surface area (Å²) in [6.45, 7) is 0. The Balaban J connectivity index is 1.90. The van der Waals surface area contributed by atoms with Crippen LogP contribution in [-0.2, 0) is 0 Å². The van der Waals surface area contributed by atoms with Gasteiger partial charge in [-0.15, -0.1) is 11.3 Å². The van der Waals surface area contributed by atoms with E-state index in [-0.39, 0.29) is 0 Å². The summed E-state index contributed by atoms with van der Waals surface area (Å²) in [6, 6.07) is 13.4. The van der Waals surface area contributed by atoms with Crippen molar-refractivity contribution in [1.29, 1.82) is 5.26 Å². The van der Waals surface area contributed by atoms with Crippen LogP contribution in [0.5, 0.6) is 5.75 Å². The molecule has 114 valence electrons. The number of nitriles is 1. The lowest BCUT2D eigenvalue weighted by molar-refractivity contribution is 0.415. The minimum atomic E-state index is 0.469. The molecule has 3 rings (SSSR count). The van der Waals surface area contributed by atoms with Crippen molar-refractivity contribution < 1.29 is 9.15 Å². The van der Waals surface area contributed by atoms with Crippen molar-refractivity contribution in [2.75, 3.05) is 7.11 Å². The maximum atomic E-state index is 9.37. The van der Waals surface area contributed by atoms with Crippen LogP contribution in [0.4, 0.5) is 0 Å². The monoisotopic (exact) mass is 386 g/mol. The molecule has 4 nitrogen and oxygen atoms in total. The van der Waals surface area contributed by atoms with E-state index in [1.54, 1.807) is 25.3 Å². The Morgan fingerprint density at radius 1 is 1.30 bits per heavy atom. The molecule has 1 aromatic carbocycles. The van der Waals surface area contributed by atoms with Gasteiger partial charge in [0.25, 0.3) is 0 Å². The number of benzene rings is 1. The molecule has 0 spiro atoms. The number of halogens is 1. The van der Waals surface area contributed by atoms with Gasteiger partial charge in [0.2, 0.25) is 0 Å². The summed E-state index contributed by atoms with van der Waals surface area (Å²) in [5.41, 5.74) is 2.28. The second kappa shape index (κ2) is 6.82. The molecule has 0 bridgehead atoms. The second-order valence-corrected chi connectivity index (χ2v) is 6.22. The van der Waals surface area contributed by atoms with E-state index in [2.05, 4.69) is 27.0 Å². The third-order valence-electron chi connectivity index (χ3n) is 3.12. The molecule has 0 aliphatic carbocycles. The smallest absolute Gasteiger partial charge is 0.169 e. The number of rotatable bonds is 4. The summed E-state index contributed by atoms with van der Waals surface area (Å²) in [7, 11) is 1.63. The van der Waals surface area contributed by atoms with Crippen molar-refractivity contribution in [3.63, 3.8) is 0 Å².